The summed E-state index contributed by atoms with van der Waals surface area (Å²) in [5, 5.41) is 0. The largest absolute Gasteiger partial charge is 0.454 e. The number of piperidine rings is 1. The molecule has 0 radical (unpaired) electrons. The summed E-state index contributed by atoms with van der Waals surface area (Å²) in [7, 11) is 1.82. The maximum atomic E-state index is 12.6. The predicted molar refractivity (Wildman–Crippen MR) is 84.0 cm³/mol. The van der Waals surface area contributed by atoms with Crippen LogP contribution in [0, 0.1) is 5.92 Å². The molecule has 2 aliphatic rings. The van der Waals surface area contributed by atoms with E-state index >= 15 is 0 Å². The van der Waals surface area contributed by atoms with Gasteiger partial charge in [-0.05, 0) is 30.5 Å². The Bertz CT molecular complexity index is 609. The number of ether oxygens (including phenoxy) is 2. The summed E-state index contributed by atoms with van der Waals surface area (Å²) in [6.45, 7) is 3.71. The smallest absolute Gasteiger partial charge is 0.231 e. The van der Waals surface area contributed by atoms with Crippen LogP contribution in [0.5, 0.6) is 11.5 Å². The lowest BCUT2D eigenvalue weighted by Crippen LogP contribution is -2.42. The number of benzene rings is 1. The molecule has 6 heteroatoms. The molecule has 0 unspecified atom stereocenters. The van der Waals surface area contributed by atoms with Crippen LogP contribution in [0.2, 0.25) is 0 Å². The Morgan fingerprint density at radius 1 is 1.22 bits per heavy atom. The van der Waals surface area contributed by atoms with Gasteiger partial charge in [-0.2, -0.15) is 0 Å². The highest BCUT2D eigenvalue weighted by atomic mass is 16.7. The van der Waals surface area contributed by atoms with Gasteiger partial charge >= 0.3 is 0 Å². The first-order valence-electron chi connectivity index (χ1n) is 7.93. The van der Waals surface area contributed by atoms with Crippen molar-refractivity contribution < 1.29 is 19.1 Å². The van der Waals surface area contributed by atoms with Crippen molar-refractivity contribution in [3.05, 3.63) is 23.8 Å². The average Bonchev–Trinajstić information content (AvgIpc) is 3.01. The van der Waals surface area contributed by atoms with Crippen molar-refractivity contribution in [1.29, 1.82) is 0 Å². The predicted octanol–water partition coefficient (Wildman–Crippen LogP) is 1.63. The van der Waals surface area contributed by atoms with Crippen LogP contribution < -0.4 is 9.47 Å². The van der Waals surface area contributed by atoms with Crippen LogP contribution >= 0.6 is 0 Å². The summed E-state index contributed by atoms with van der Waals surface area (Å²) in [5.41, 5.74) is 1.02. The molecule has 23 heavy (non-hydrogen) atoms. The maximum Gasteiger partial charge on any atom is 0.231 e. The Kier molecular flexibility index (Phi) is 4.41. The molecule has 124 valence electrons. The minimum atomic E-state index is 0.00427. The van der Waals surface area contributed by atoms with E-state index in [4.69, 9.17) is 9.47 Å². The van der Waals surface area contributed by atoms with E-state index in [9.17, 15) is 9.59 Å². The van der Waals surface area contributed by atoms with E-state index in [2.05, 4.69) is 0 Å². The summed E-state index contributed by atoms with van der Waals surface area (Å²) in [6.07, 6.45) is 1.48. The number of nitrogens with zero attached hydrogens (tertiary/aromatic N) is 2. The van der Waals surface area contributed by atoms with Crippen LogP contribution in [0.15, 0.2) is 18.2 Å². The zero-order valence-corrected chi connectivity index (χ0v) is 13.6. The molecule has 0 bridgehead atoms. The highest BCUT2D eigenvalue weighted by Gasteiger charge is 2.28. The number of hydrogen-bond donors (Lipinski definition) is 0. The van der Waals surface area contributed by atoms with Gasteiger partial charge in [0.15, 0.2) is 11.5 Å². The van der Waals surface area contributed by atoms with Crippen molar-refractivity contribution in [2.24, 2.45) is 5.92 Å². The zero-order valence-electron chi connectivity index (χ0n) is 13.6. The summed E-state index contributed by atoms with van der Waals surface area (Å²) in [4.78, 5) is 27.5. The molecule has 2 amide bonds. The monoisotopic (exact) mass is 318 g/mol. The minimum absolute atomic E-state index is 0.00427. The number of carbonyl (C=O) groups is 2. The Morgan fingerprint density at radius 3 is 2.61 bits per heavy atom. The molecule has 0 spiro atoms. The number of hydrogen-bond acceptors (Lipinski definition) is 4. The molecule has 0 N–H and O–H groups in total. The Hall–Kier alpha value is -2.24. The molecular weight excluding hydrogens is 296 g/mol. The molecule has 2 aliphatic heterocycles. The lowest BCUT2D eigenvalue weighted by Gasteiger charge is -2.32. The molecule has 1 fully saturated rings. The van der Waals surface area contributed by atoms with Crippen LogP contribution in [-0.4, -0.2) is 48.5 Å². The van der Waals surface area contributed by atoms with Gasteiger partial charge < -0.3 is 19.3 Å². The lowest BCUT2D eigenvalue weighted by molar-refractivity contribution is -0.139. The van der Waals surface area contributed by atoms with Gasteiger partial charge in [0, 0.05) is 39.5 Å². The SMILES string of the molecule is CC(=O)N1CCC(C(=O)N(C)Cc2ccc3c(c2)OCO3)CC1. The number of carbonyl (C=O) groups excluding carboxylic acids is 2. The van der Waals surface area contributed by atoms with Gasteiger partial charge in [0.1, 0.15) is 0 Å². The van der Waals surface area contributed by atoms with Crippen LogP contribution in [0.1, 0.15) is 25.3 Å². The molecule has 6 nitrogen and oxygen atoms in total. The second-order valence-corrected chi connectivity index (χ2v) is 6.16. The van der Waals surface area contributed by atoms with Gasteiger partial charge in [0.25, 0.3) is 0 Å². The average molecular weight is 318 g/mol. The number of rotatable bonds is 3. The number of fused-ring (bicyclic) bond motifs is 1. The quantitative estimate of drug-likeness (QED) is 0.850. The van der Waals surface area contributed by atoms with E-state index in [1.807, 2.05) is 30.1 Å². The fourth-order valence-electron chi connectivity index (χ4n) is 3.14. The Labute approximate surface area is 136 Å². The van der Waals surface area contributed by atoms with E-state index < -0.39 is 0 Å². The molecule has 2 heterocycles. The van der Waals surface area contributed by atoms with Gasteiger partial charge in [-0.3, -0.25) is 9.59 Å². The standard InChI is InChI=1S/C17H22N2O4/c1-12(20)19-7-5-14(6-8-19)17(21)18(2)10-13-3-4-15-16(9-13)23-11-22-15/h3-4,9,14H,5-8,10-11H2,1-2H3. The number of amides is 2. The van der Waals surface area contributed by atoms with E-state index in [1.165, 1.54) is 0 Å². The third-order valence-electron chi connectivity index (χ3n) is 4.52. The van der Waals surface area contributed by atoms with Gasteiger partial charge in [-0.15, -0.1) is 0 Å². The molecule has 0 aliphatic carbocycles. The van der Waals surface area contributed by atoms with Gasteiger partial charge in [0.2, 0.25) is 18.6 Å². The third kappa shape index (κ3) is 3.41. The molecule has 0 atom stereocenters. The van der Waals surface area contributed by atoms with Crippen molar-refractivity contribution >= 4 is 11.8 Å². The first-order chi connectivity index (χ1) is 11.0. The highest BCUT2D eigenvalue weighted by molar-refractivity contribution is 5.79. The molecule has 1 saturated heterocycles. The van der Waals surface area contributed by atoms with Crippen molar-refractivity contribution in [3.8, 4) is 11.5 Å². The van der Waals surface area contributed by atoms with Gasteiger partial charge in [-0.25, -0.2) is 0 Å². The van der Waals surface area contributed by atoms with E-state index in [1.54, 1.807) is 11.8 Å². The topological polar surface area (TPSA) is 59.1 Å². The summed E-state index contributed by atoms with van der Waals surface area (Å²) < 4.78 is 10.7. The summed E-state index contributed by atoms with van der Waals surface area (Å²) >= 11 is 0. The molecular formula is C17H22N2O4. The maximum absolute atomic E-state index is 12.6. The van der Waals surface area contributed by atoms with E-state index in [0.29, 0.717) is 19.6 Å². The first kappa shape index (κ1) is 15.6. The Balaban J connectivity index is 1.57. The summed E-state index contributed by atoms with van der Waals surface area (Å²) in [6, 6.07) is 5.75. The first-order valence-corrected chi connectivity index (χ1v) is 7.93. The van der Waals surface area contributed by atoms with E-state index in [0.717, 1.165) is 29.9 Å². The van der Waals surface area contributed by atoms with Crippen molar-refractivity contribution in [3.63, 3.8) is 0 Å². The van der Waals surface area contributed by atoms with Crippen molar-refractivity contribution in [2.45, 2.75) is 26.3 Å². The van der Waals surface area contributed by atoms with Crippen LogP contribution in [0.3, 0.4) is 0 Å². The zero-order chi connectivity index (χ0) is 16.4. The normalized spacial score (nSPS) is 17.2. The lowest BCUT2D eigenvalue weighted by atomic mass is 9.95. The van der Waals surface area contributed by atoms with Gasteiger partial charge in [0.05, 0.1) is 0 Å². The summed E-state index contributed by atoms with van der Waals surface area (Å²) in [5.74, 6) is 1.72. The number of likely N-dealkylation sites (tertiary alicyclic amines) is 1. The van der Waals surface area contributed by atoms with Gasteiger partial charge in [-0.1, -0.05) is 6.07 Å². The minimum Gasteiger partial charge on any atom is -0.454 e. The van der Waals surface area contributed by atoms with Crippen LogP contribution in [0.4, 0.5) is 0 Å². The third-order valence-corrected chi connectivity index (χ3v) is 4.52. The molecule has 1 aromatic carbocycles. The highest BCUT2D eigenvalue weighted by Crippen LogP contribution is 2.33. The fourth-order valence-corrected chi connectivity index (χ4v) is 3.14. The molecule has 0 saturated carbocycles. The van der Waals surface area contributed by atoms with Crippen molar-refractivity contribution in [1.82, 2.24) is 9.80 Å². The molecule has 0 aromatic heterocycles. The Morgan fingerprint density at radius 2 is 1.91 bits per heavy atom. The molecule has 3 rings (SSSR count). The second-order valence-electron chi connectivity index (χ2n) is 6.16. The molecule has 1 aromatic rings. The van der Waals surface area contributed by atoms with Crippen molar-refractivity contribution in [2.75, 3.05) is 26.9 Å². The fraction of sp³-hybridized carbons (Fsp3) is 0.529. The second kappa shape index (κ2) is 6.48. The van der Waals surface area contributed by atoms with Crippen LogP contribution in [-0.2, 0) is 16.1 Å². The van der Waals surface area contributed by atoms with E-state index in [-0.39, 0.29) is 24.5 Å². The van der Waals surface area contributed by atoms with Crippen LogP contribution in [0.25, 0.3) is 0 Å².